The Labute approximate surface area is 155 Å². The second-order valence-corrected chi connectivity index (χ2v) is 4.09. The van der Waals surface area contributed by atoms with Gasteiger partial charge in [0.25, 0.3) is 0 Å². The Hall–Kier alpha value is 0.188. The van der Waals surface area contributed by atoms with E-state index in [1.54, 1.807) is 0 Å². The smallest absolute Gasteiger partial charge is 0.822 e. The Morgan fingerprint density at radius 3 is 0.773 bits per heavy atom. The van der Waals surface area contributed by atoms with E-state index in [-0.39, 0.29) is 69.1 Å². The first-order chi connectivity index (χ1) is 8.18. The van der Waals surface area contributed by atoms with Crippen molar-refractivity contribution in [2.24, 2.45) is 0 Å². The summed E-state index contributed by atoms with van der Waals surface area (Å²) in [5.74, 6) is 0.125. The monoisotopic (exact) mass is 505 g/mol. The Balaban J connectivity index is -0.0000000659. The van der Waals surface area contributed by atoms with Crippen LogP contribution < -0.4 is 46.6 Å². The molecule has 1 rings (SSSR count). The number of rotatable bonds is 0. The molecule has 0 aliphatic heterocycles. The van der Waals surface area contributed by atoms with Gasteiger partial charge < -0.3 is 55.7 Å². The van der Waals surface area contributed by atoms with Crippen LogP contribution in [0.15, 0.2) is 0 Å². The van der Waals surface area contributed by atoms with Gasteiger partial charge >= 0.3 is 51.2 Å². The van der Waals surface area contributed by atoms with Crippen LogP contribution in [-0.4, -0.2) is 15.0 Å². The van der Waals surface area contributed by atoms with Crippen molar-refractivity contribution in [3.05, 3.63) is 0 Å². The molecule has 0 saturated carbocycles. The zero-order valence-electron chi connectivity index (χ0n) is 9.64. The van der Waals surface area contributed by atoms with Crippen LogP contribution in [0.3, 0.4) is 0 Å². The summed E-state index contributed by atoms with van der Waals surface area (Å²) < 4.78 is 17.1. The number of hydrogen-bond acceptors (Lipinski definition) is 14. The summed E-state index contributed by atoms with van der Waals surface area (Å²) in [4.78, 5) is 61.8. The maximum absolute atomic E-state index is 8.55. The van der Waals surface area contributed by atoms with Crippen LogP contribution in [0, 0.1) is 0 Å². The van der Waals surface area contributed by atoms with Crippen LogP contribution in [-0.2, 0) is 60.3 Å². The number of nitrogens with two attached hydrogens (primary N) is 3. The van der Waals surface area contributed by atoms with Crippen molar-refractivity contribution in [1.82, 2.24) is 15.0 Å². The molecular formula is C3H6Cu3N6O8P2. The van der Waals surface area contributed by atoms with Crippen molar-refractivity contribution in [2.45, 2.75) is 0 Å². The van der Waals surface area contributed by atoms with E-state index >= 15 is 0 Å². The van der Waals surface area contributed by atoms with E-state index in [2.05, 4.69) is 15.0 Å². The molecule has 0 aromatic carbocycles. The summed E-state index contributed by atoms with van der Waals surface area (Å²) >= 11 is 0. The van der Waals surface area contributed by atoms with E-state index in [1.807, 2.05) is 0 Å². The Kier molecular flexibility index (Phi) is 22.6. The molecule has 1 aromatic heterocycles. The van der Waals surface area contributed by atoms with Gasteiger partial charge in [0.05, 0.1) is 0 Å². The van der Waals surface area contributed by atoms with Gasteiger partial charge in [-0.05, 0) is 0 Å². The van der Waals surface area contributed by atoms with Crippen molar-refractivity contribution >= 4 is 33.5 Å². The molecule has 19 heteroatoms. The molecule has 0 fully saturated rings. The third kappa shape index (κ3) is 50.0. The molecule has 139 valence electrons. The standard InChI is InChI=1S/C3H6N6.3Cu.2H3O4P/c4-1-7-2(5)9-3(6)8-1;;;;2*1-5(2,3)4/h(H6,4,5,6,7,8,9);;;;2*(H3,1,2,3,4)/q;3*+2;;/p-6. The summed E-state index contributed by atoms with van der Waals surface area (Å²) in [6, 6.07) is 0. The van der Waals surface area contributed by atoms with Crippen LogP contribution in [0.5, 0.6) is 0 Å². The summed E-state index contributed by atoms with van der Waals surface area (Å²) in [5.41, 5.74) is 15.4. The predicted octanol–water partition coefficient (Wildman–Crippen LogP) is -7.04. The number of anilines is 3. The second-order valence-electron chi connectivity index (χ2n) is 2.30. The molecule has 0 atom stereocenters. The first kappa shape index (κ1) is 33.7. The molecule has 1 aromatic rings. The van der Waals surface area contributed by atoms with Crippen LogP contribution in [0.1, 0.15) is 0 Å². The van der Waals surface area contributed by atoms with E-state index < -0.39 is 15.6 Å². The Bertz CT molecular complexity index is 409. The fourth-order valence-electron chi connectivity index (χ4n) is 0.427. The van der Waals surface area contributed by atoms with Gasteiger partial charge in [0.15, 0.2) is 0 Å². The maximum Gasteiger partial charge on any atom is 2.00 e. The summed E-state index contributed by atoms with van der Waals surface area (Å²) in [5, 5.41) is 0. The first-order valence-corrected chi connectivity index (χ1v) is 6.59. The molecule has 0 amide bonds. The molecule has 6 N–H and O–H groups in total. The fourth-order valence-corrected chi connectivity index (χ4v) is 0.427. The van der Waals surface area contributed by atoms with Gasteiger partial charge in [-0.15, -0.1) is 0 Å². The van der Waals surface area contributed by atoms with E-state index in [1.165, 1.54) is 0 Å². The van der Waals surface area contributed by atoms with Gasteiger partial charge in [0, 0.05) is 0 Å². The second kappa shape index (κ2) is 14.8. The van der Waals surface area contributed by atoms with E-state index in [4.69, 9.17) is 55.7 Å². The van der Waals surface area contributed by atoms with Crippen LogP contribution >= 0.6 is 15.6 Å². The van der Waals surface area contributed by atoms with Crippen LogP contribution in [0.2, 0.25) is 0 Å². The molecule has 0 aliphatic carbocycles. The summed E-state index contributed by atoms with van der Waals surface area (Å²) in [6.07, 6.45) is 0. The molecule has 0 unspecified atom stereocenters. The maximum atomic E-state index is 8.55. The molecule has 0 aliphatic rings. The van der Waals surface area contributed by atoms with Gasteiger partial charge in [0.1, 0.15) is 0 Å². The largest absolute Gasteiger partial charge is 2.00 e. The van der Waals surface area contributed by atoms with Crippen molar-refractivity contribution in [3.8, 4) is 0 Å². The molecular weight excluding hydrogens is 501 g/mol. The number of nitrogens with zero attached hydrogens (tertiary/aromatic N) is 3. The van der Waals surface area contributed by atoms with E-state index in [0.717, 1.165) is 0 Å². The molecule has 0 saturated heterocycles. The minimum atomic E-state index is -5.39. The molecule has 0 bridgehead atoms. The minimum Gasteiger partial charge on any atom is -0.822 e. The number of hydrogen-bond donors (Lipinski definition) is 3. The van der Waals surface area contributed by atoms with Gasteiger partial charge in [0.2, 0.25) is 17.8 Å². The zero-order valence-corrected chi connectivity index (χ0v) is 14.3. The number of phosphoric acid groups is 2. The van der Waals surface area contributed by atoms with Gasteiger partial charge in [-0.25, -0.2) is 0 Å². The van der Waals surface area contributed by atoms with Crippen molar-refractivity contribution < 1.29 is 89.7 Å². The molecule has 14 nitrogen and oxygen atoms in total. The molecule has 1 heterocycles. The third-order valence-electron chi connectivity index (χ3n) is 0.687. The topological polar surface area (TPSA) is 289 Å². The van der Waals surface area contributed by atoms with Crippen molar-refractivity contribution in [2.75, 3.05) is 17.2 Å². The first-order valence-electron chi connectivity index (χ1n) is 3.67. The van der Waals surface area contributed by atoms with Crippen LogP contribution in [0.25, 0.3) is 0 Å². The summed E-state index contributed by atoms with van der Waals surface area (Å²) in [6.45, 7) is 0. The number of nitrogen functional groups attached to an aromatic ring is 3. The van der Waals surface area contributed by atoms with Crippen molar-refractivity contribution in [1.29, 1.82) is 0 Å². The zero-order chi connectivity index (χ0) is 15.9. The average Bonchev–Trinajstić information content (AvgIpc) is 1.91. The SMILES string of the molecule is Nc1nc(N)nc(N)n1.O=P([O-])([O-])[O-].O=P([O-])([O-])[O-].[Cu+2].[Cu+2].[Cu+2]. The van der Waals surface area contributed by atoms with Gasteiger partial charge in [-0.3, -0.25) is 0 Å². The van der Waals surface area contributed by atoms with Crippen LogP contribution in [0.4, 0.5) is 17.8 Å². The van der Waals surface area contributed by atoms with Crippen molar-refractivity contribution in [3.63, 3.8) is 0 Å². The molecule has 0 spiro atoms. The summed E-state index contributed by atoms with van der Waals surface area (Å²) in [7, 11) is -10.8. The molecule has 3 radical (unpaired) electrons. The third-order valence-corrected chi connectivity index (χ3v) is 0.687. The Morgan fingerprint density at radius 1 is 0.591 bits per heavy atom. The van der Waals surface area contributed by atoms with E-state index in [0.29, 0.717) is 0 Å². The van der Waals surface area contributed by atoms with E-state index in [9.17, 15) is 0 Å². The van der Waals surface area contributed by atoms with Gasteiger partial charge in [-0.1, -0.05) is 0 Å². The fraction of sp³-hybridized carbons (Fsp3) is 0. The quantitative estimate of drug-likeness (QED) is 0.217. The van der Waals surface area contributed by atoms with Gasteiger partial charge in [-0.2, -0.15) is 30.6 Å². The predicted molar refractivity (Wildman–Crippen MR) is 48.3 cm³/mol. The minimum absolute atomic E-state index is 0. The molecule has 22 heavy (non-hydrogen) atoms. The number of aromatic nitrogens is 3. The average molecular weight is 507 g/mol. The Morgan fingerprint density at radius 2 is 0.682 bits per heavy atom. The normalized spacial score (nSPS) is 9.18.